The maximum atomic E-state index is 12.6. The Balaban J connectivity index is 1.82. The summed E-state index contributed by atoms with van der Waals surface area (Å²) in [4.78, 5) is 25.0. The van der Waals surface area contributed by atoms with Crippen LogP contribution in [0.3, 0.4) is 0 Å². The van der Waals surface area contributed by atoms with Crippen LogP contribution in [0.25, 0.3) is 0 Å². The highest BCUT2D eigenvalue weighted by Crippen LogP contribution is 2.71. The third-order valence-corrected chi connectivity index (χ3v) is 9.98. The summed E-state index contributed by atoms with van der Waals surface area (Å²) in [6, 6.07) is 0. The van der Waals surface area contributed by atoms with E-state index in [2.05, 4.69) is 34.6 Å². The van der Waals surface area contributed by atoms with Crippen molar-refractivity contribution < 1.29 is 9.59 Å². The predicted octanol–water partition coefficient (Wildman–Crippen LogP) is 5.89. The van der Waals surface area contributed by atoms with E-state index in [4.69, 9.17) is 0 Å². The number of Topliss-reactive ketones (excluding diaryl/α,β-unsaturated/α-hetero) is 2. The number of rotatable bonds is 1. The van der Waals surface area contributed by atoms with Crippen molar-refractivity contribution in [1.82, 2.24) is 0 Å². The molecule has 2 nitrogen and oxygen atoms in total. The van der Waals surface area contributed by atoms with Gasteiger partial charge in [0, 0.05) is 17.8 Å². The van der Waals surface area contributed by atoms with Gasteiger partial charge in [-0.05, 0) is 74.0 Å². The van der Waals surface area contributed by atoms with Crippen LogP contribution in [-0.4, -0.2) is 11.6 Å². The first kappa shape index (κ1) is 18.4. The lowest BCUT2D eigenvalue weighted by Gasteiger charge is -2.60. The number of fused-ring (bicyclic) bond motifs is 4. The maximum absolute atomic E-state index is 12.6. The molecule has 0 aromatic heterocycles. The molecule has 0 radical (unpaired) electrons. The van der Waals surface area contributed by atoms with E-state index >= 15 is 0 Å². The molecule has 0 amide bonds. The summed E-state index contributed by atoms with van der Waals surface area (Å²) in [6.07, 6.45) is 8.56. The van der Waals surface area contributed by atoms with E-state index in [1.807, 2.05) is 0 Å². The lowest BCUT2D eigenvalue weighted by molar-refractivity contribution is -0.140. The van der Waals surface area contributed by atoms with Crippen molar-refractivity contribution >= 4 is 11.6 Å². The summed E-state index contributed by atoms with van der Waals surface area (Å²) in [5, 5.41) is 0. The number of hydrogen-bond donors (Lipinski definition) is 0. The molecule has 2 saturated carbocycles. The lowest BCUT2D eigenvalue weighted by atomic mass is 9.43. The minimum Gasteiger partial charge on any atom is -0.300 e. The van der Waals surface area contributed by atoms with Crippen LogP contribution < -0.4 is 0 Å². The normalized spacial score (nSPS) is 47.2. The van der Waals surface area contributed by atoms with Crippen LogP contribution in [0.4, 0.5) is 0 Å². The fourth-order valence-corrected chi connectivity index (χ4v) is 8.13. The van der Waals surface area contributed by atoms with Crippen molar-refractivity contribution in [1.29, 1.82) is 0 Å². The maximum Gasteiger partial charge on any atom is 0.138 e. The summed E-state index contributed by atoms with van der Waals surface area (Å²) < 4.78 is 0. The average Bonchev–Trinajstić information content (AvgIpc) is 2.84. The van der Waals surface area contributed by atoms with Gasteiger partial charge in [-0.3, -0.25) is 9.59 Å². The third kappa shape index (κ3) is 2.00. The van der Waals surface area contributed by atoms with Crippen LogP contribution in [-0.2, 0) is 9.59 Å². The van der Waals surface area contributed by atoms with Crippen LogP contribution in [0.5, 0.6) is 0 Å². The molecule has 0 heterocycles. The molecular formula is C24H36O2. The minimum absolute atomic E-state index is 0.126. The molecule has 5 atom stereocenters. The Hall–Kier alpha value is -0.920. The molecule has 0 saturated heterocycles. The van der Waals surface area contributed by atoms with Crippen LogP contribution in [0.15, 0.2) is 11.1 Å². The zero-order valence-electron chi connectivity index (χ0n) is 17.6. The van der Waals surface area contributed by atoms with Gasteiger partial charge in [-0.1, -0.05) is 45.8 Å². The van der Waals surface area contributed by atoms with Gasteiger partial charge in [0.2, 0.25) is 0 Å². The second kappa shape index (κ2) is 5.32. The smallest absolute Gasteiger partial charge is 0.138 e. The summed E-state index contributed by atoms with van der Waals surface area (Å²) in [5.74, 6) is 1.57. The summed E-state index contributed by atoms with van der Waals surface area (Å²) in [7, 11) is 0. The van der Waals surface area contributed by atoms with Crippen molar-refractivity contribution in [2.24, 2.45) is 33.5 Å². The minimum atomic E-state index is -0.190. The molecule has 4 aliphatic carbocycles. The van der Waals surface area contributed by atoms with Crippen molar-refractivity contribution in [3.8, 4) is 0 Å². The predicted molar refractivity (Wildman–Crippen MR) is 105 cm³/mol. The summed E-state index contributed by atoms with van der Waals surface area (Å²) in [6.45, 7) is 13.5. The monoisotopic (exact) mass is 356 g/mol. The Morgan fingerprint density at radius 1 is 0.885 bits per heavy atom. The Morgan fingerprint density at radius 2 is 1.58 bits per heavy atom. The molecule has 2 fully saturated rings. The first-order valence-electron chi connectivity index (χ1n) is 10.8. The number of carbonyl (C=O) groups excluding carboxylic acids is 2. The van der Waals surface area contributed by atoms with Gasteiger partial charge < -0.3 is 0 Å². The zero-order chi connectivity index (χ0) is 19.1. The van der Waals surface area contributed by atoms with Gasteiger partial charge in [0.1, 0.15) is 11.6 Å². The third-order valence-electron chi connectivity index (χ3n) is 9.98. The molecule has 26 heavy (non-hydrogen) atoms. The van der Waals surface area contributed by atoms with Crippen LogP contribution in [0.1, 0.15) is 92.9 Å². The highest BCUT2D eigenvalue weighted by molar-refractivity contribution is 5.86. The van der Waals surface area contributed by atoms with E-state index in [0.29, 0.717) is 17.5 Å². The largest absolute Gasteiger partial charge is 0.300 e. The summed E-state index contributed by atoms with van der Waals surface area (Å²) >= 11 is 0. The number of ketones is 2. The van der Waals surface area contributed by atoms with Gasteiger partial charge in [0.25, 0.3) is 0 Å². The molecule has 0 aliphatic heterocycles. The van der Waals surface area contributed by atoms with E-state index in [0.717, 1.165) is 51.4 Å². The van der Waals surface area contributed by atoms with Gasteiger partial charge >= 0.3 is 0 Å². The standard InChI is InChI=1S/C24H36O2/c1-15(25)16-9-13-24(6)18-7-8-19-21(2,3)20(26)11-12-22(19,4)17(18)10-14-23(16,24)5/h16,19H,7-14H2,1-6H3/t16-,19+,22-,23-,24+/m1/s1. The highest BCUT2D eigenvalue weighted by Gasteiger charge is 2.63. The topological polar surface area (TPSA) is 34.1 Å². The average molecular weight is 357 g/mol. The van der Waals surface area contributed by atoms with E-state index in [1.165, 1.54) is 0 Å². The first-order chi connectivity index (χ1) is 12.0. The quantitative estimate of drug-likeness (QED) is 0.549. The van der Waals surface area contributed by atoms with Crippen molar-refractivity contribution in [2.45, 2.75) is 92.9 Å². The Labute approximate surface area is 159 Å². The Bertz CT molecular complexity index is 714. The van der Waals surface area contributed by atoms with Gasteiger partial charge in [0.05, 0.1) is 0 Å². The first-order valence-corrected chi connectivity index (χ1v) is 10.8. The van der Waals surface area contributed by atoms with Gasteiger partial charge in [-0.2, -0.15) is 0 Å². The summed E-state index contributed by atoms with van der Waals surface area (Å²) in [5.41, 5.74) is 3.68. The molecule has 144 valence electrons. The second-order valence-electron chi connectivity index (χ2n) is 11.1. The fraction of sp³-hybridized carbons (Fsp3) is 0.833. The van der Waals surface area contributed by atoms with Crippen LogP contribution >= 0.6 is 0 Å². The number of allylic oxidation sites excluding steroid dienone is 2. The Kier molecular flexibility index (Phi) is 3.78. The number of hydrogen-bond acceptors (Lipinski definition) is 2. The Morgan fingerprint density at radius 3 is 2.23 bits per heavy atom. The molecule has 0 unspecified atom stereocenters. The van der Waals surface area contributed by atoms with Gasteiger partial charge in [-0.25, -0.2) is 0 Å². The molecular weight excluding hydrogens is 320 g/mol. The molecule has 4 aliphatic rings. The van der Waals surface area contributed by atoms with Crippen LogP contribution in [0.2, 0.25) is 0 Å². The van der Waals surface area contributed by atoms with E-state index in [9.17, 15) is 9.59 Å². The molecule has 0 bridgehead atoms. The van der Waals surface area contributed by atoms with Crippen molar-refractivity contribution in [3.05, 3.63) is 11.1 Å². The lowest BCUT2D eigenvalue weighted by Crippen LogP contribution is -2.53. The number of carbonyl (C=O) groups is 2. The van der Waals surface area contributed by atoms with Crippen LogP contribution in [0, 0.1) is 33.5 Å². The SMILES string of the molecule is CC(=O)[C@H]1CC[C@@]2(C)C3=C(CC[C@]12C)[C@@]1(C)CCC(=O)C(C)(C)[C@@H]1CC3. The molecule has 0 spiro atoms. The second-order valence-corrected chi connectivity index (χ2v) is 11.1. The molecule has 4 rings (SSSR count). The molecule has 0 N–H and O–H groups in total. The van der Waals surface area contributed by atoms with Crippen molar-refractivity contribution in [2.75, 3.05) is 0 Å². The molecule has 2 heteroatoms. The van der Waals surface area contributed by atoms with Gasteiger partial charge in [-0.15, -0.1) is 0 Å². The molecule has 0 aromatic carbocycles. The van der Waals surface area contributed by atoms with E-state index < -0.39 is 0 Å². The van der Waals surface area contributed by atoms with Gasteiger partial charge in [0.15, 0.2) is 0 Å². The van der Waals surface area contributed by atoms with E-state index in [1.54, 1.807) is 18.1 Å². The van der Waals surface area contributed by atoms with Crippen molar-refractivity contribution in [3.63, 3.8) is 0 Å². The zero-order valence-corrected chi connectivity index (χ0v) is 17.6. The highest BCUT2D eigenvalue weighted by atomic mass is 16.1. The van der Waals surface area contributed by atoms with E-state index in [-0.39, 0.29) is 27.6 Å². The molecule has 0 aromatic rings. The fourth-order valence-electron chi connectivity index (χ4n) is 8.13.